The van der Waals surface area contributed by atoms with E-state index in [-0.39, 0.29) is 81.8 Å². The van der Waals surface area contributed by atoms with Crippen LogP contribution in [0.5, 0.6) is 5.75 Å². The van der Waals surface area contributed by atoms with Gasteiger partial charge in [-0.2, -0.15) is 10.2 Å². The lowest BCUT2D eigenvalue weighted by molar-refractivity contribution is -0.145. The van der Waals surface area contributed by atoms with Crippen molar-refractivity contribution >= 4 is 46.6 Å². The summed E-state index contributed by atoms with van der Waals surface area (Å²) in [5, 5.41) is 30.7. The number of H-pyrrole nitrogens is 1. The van der Waals surface area contributed by atoms with Crippen LogP contribution >= 0.6 is 11.3 Å². The normalized spacial score (nSPS) is 23.3. The number of aromatic nitrogens is 5. The number of fused-ring (bicyclic) bond motifs is 2. The maximum Gasteiger partial charge on any atom is 0.276 e. The SMILES string of the molecule is Cc1ncsc1-c1ccc(CNC(=O)[C@@H]2C[C@@H](O)CN2C(=O)[C@@H](NC(=O)C2(F)CC2)C(C)(C)C)c(OCCC(=O)N2CC([C@@H](c3ccccc3)n3cc(NC(=O)c4n[nH]c5c4C[C@@H]4C(F)(F)[C@]4(C)C5)cn3)C2)c1. The number of aryl methyl sites for hydroxylation is 1. The standard InChI is InChI=1S/C52H59F3N10O7S/c1-28-43(73-27-57-28)30-11-12-31(21-56-45(68)37-18-34(66)26-64(37)47(70)44(49(2,3)4)60-48(71)51(53)14-15-51)38(17-30)72-16-13-40(67)63-23-32(24-63)42(29-9-7-6-8-10-29)65-25-33(22-58-65)59-46(69)41-35-19-39-50(5,52(39,54)55)20-36(35)61-62-41/h6-12,17,22,25,27,32,34,37,39,42,44,66H,13-16,18-21,23-24,26H2,1-5H3,(H,56,68)(H,59,69)(H,60,71)(H,61,62)/t34-,37+,39+,42-,44-,50-/m1/s1. The van der Waals surface area contributed by atoms with Crippen molar-refractivity contribution in [2.45, 2.75) is 116 Å². The van der Waals surface area contributed by atoms with Gasteiger partial charge in [0.1, 0.15) is 17.8 Å². The van der Waals surface area contributed by atoms with Crippen molar-refractivity contribution in [2.24, 2.45) is 22.7 Å². The van der Waals surface area contributed by atoms with Crippen LogP contribution in [-0.4, -0.2) is 125 Å². The molecule has 6 atom stereocenters. The Hall–Kier alpha value is -6.61. The molecular formula is C52H59F3N10O7S. The molecule has 5 N–H and O–H groups in total. The molecule has 17 nitrogen and oxygen atoms in total. The third-order valence-corrected chi connectivity index (χ3v) is 16.4. The molecule has 0 unspecified atom stereocenters. The molecule has 3 aromatic heterocycles. The molecule has 2 aliphatic heterocycles. The number of halogens is 3. The number of rotatable bonds is 16. The minimum Gasteiger partial charge on any atom is -0.493 e. The molecule has 5 heterocycles. The first-order chi connectivity index (χ1) is 34.6. The third-order valence-electron chi connectivity index (χ3n) is 15.4. The highest BCUT2D eigenvalue weighted by molar-refractivity contribution is 7.13. The number of alkyl halides is 3. The Morgan fingerprint density at radius 2 is 1.79 bits per heavy atom. The summed E-state index contributed by atoms with van der Waals surface area (Å²) in [6.45, 7) is 9.42. The monoisotopic (exact) mass is 1020 g/mol. The number of hydrogen-bond donors (Lipinski definition) is 5. The van der Waals surface area contributed by atoms with Crippen molar-refractivity contribution < 1.29 is 47.0 Å². The number of aliphatic hydroxyl groups excluding tert-OH is 1. The Labute approximate surface area is 423 Å². The number of carbonyl (C=O) groups excluding carboxylic acids is 5. The average Bonchev–Trinajstić information content (AvgIpc) is 3.71. The summed E-state index contributed by atoms with van der Waals surface area (Å²) in [5.41, 5.74) is 2.60. The van der Waals surface area contributed by atoms with Gasteiger partial charge in [-0.05, 0) is 48.8 Å². The molecule has 3 aliphatic carbocycles. The summed E-state index contributed by atoms with van der Waals surface area (Å²) in [6.07, 6.45) is 2.64. The van der Waals surface area contributed by atoms with Gasteiger partial charge in [0.25, 0.3) is 17.7 Å². The van der Waals surface area contributed by atoms with Crippen LogP contribution in [0.4, 0.5) is 18.9 Å². The van der Waals surface area contributed by atoms with Gasteiger partial charge in [-0.1, -0.05) is 70.2 Å². The number of likely N-dealkylation sites (tertiary alicyclic amines) is 2. The van der Waals surface area contributed by atoms with Crippen LogP contribution in [0.2, 0.25) is 0 Å². The predicted molar refractivity (Wildman–Crippen MR) is 262 cm³/mol. The van der Waals surface area contributed by atoms with Gasteiger partial charge in [-0.25, -0.2) is 18.2 Å². The topological polar surface area (TPSA) is 217 Å². The van der Waals surface area contributed by atoms with Crippen molar-refractivity contribution in [3.8, 4) is 16.2 Å². The summed E-state index contributed by atoms with van der Waals surface area (Å²) in [5.74, 6) is -5.83. The van der Waals surface area contributed by atoms with Crippen LogP contribution in [0.15, 0.2) is 66.4 Å². The number of carbonyl (C=O) groups is 5. The molecule has 10 rings (SSSR count). The number of aliphatic hydroxyl groups is 1. The molecule has 5 aromatic rings. The molecule has 4 fully saturated rings. The van der Waals surface area contributed by atoms with Gasteiger partial charge >= 0.3 is 0 Å². The second-order valence-electron chi connectivity index (χ2n) is 21.6. The average molecular weight is 1030 g/mol. The number of nitrogens with zero attached hydrogens (tertiary/aromatic N) is 6. The largest absolute Gasteiger partial charge is 0.493 e. The molecule has 5 aliphatic rings. The number of benzene rings is 2. The number of anilines is 1. The highest BCUT2D eigenvalue weighted by Gasteiger charge is 2.78. The number of amides is 5. The maximum absolute atomic E-state index is 14.7. The van der Waals surface area contributed by atoms with Crippen LogP contribution in [0.3, 0.4) is 0 Å². The number of β-amino-alcohol motifs (C(OH)–C–C–N with tert-alkyl or cyclic N) is 1. The van der Waals surface area contributed by atoms with Crippen molar-refractivity contribution in [3.05, 3.63) is 100 Å². The van der Waals surface area contributed by atoms with E-state index in [0.717, 1.165) is 21.7 Å². The van der Waals surface area contributed by atoms with Crippen LogP contribution < -0.4 is 20.7 Å². The van der Waals surface area contributed by atoms with Crippen LogP contribution in [-0.2, 0) is 38.6 Å². The van der Waals surface area contributed by atoms with Gasteiger partial charge in [0.2, 0.25) is 17.7 Å². The minimum atomic E-state index is -2.79. The second-order valence-corrected chi connectivity index (χ2v) is 22.5. The molecule has 5 amide bonds. The molecule has 0 radical (unpaired) electrons. The van der Waals surface area contributed by atoms with E-state index in [1.54, 1.807) is 49.0 Å². The fraction of sp³-hybridized carbons (Fsp3) is 0.500. The highest BCUT2D eigenvalue weighted by Crippen LogP contribution is 2.70. The number of hydrogen-bond acceptors (Lipinski definition) is 11. The van der Waals surface area contributed by atoms with Gasteiger partial charge in [-0.3, -0.25) is 33.8 Å². The van der Waals surface area contributed by atoms with Gasteiger partial charge in [-0.15, -0.1) is 11.3 Å². The van der Waals surface area contributed by atoms with Gasteiger partial charge in [0.15, 0.2) is 11.4 Å². The van der Waals surface area contributed by atoms with Crippen LogP contribution in [0.25, 0.3) is 10.4 Å². The molecule has 21 heteroatoms. The number of thiazole rings is 1. The Kier molecular flexibility index (Phi) is 12.8. The quantitative estimate of drug-likeness (QED) is 0.0802. The van der Waals surface area contributed by atoms with Crippen molar-refractivity contribution in [3.63, 3.8) is 0 Å². The maximum atomic E-state index is 14.7. The first-order valence-electron chi connectivity index (χ1n) is 24.7. The fourth-order valence-corrected chi connectivity index (χ4v) is 11.5. The van der Waals surface area contributed by atoms with Gasteiger partial charge in [0, 0.05) is 79.3 Å². The predicted octanol–water partition coefficient (Wildman–Crippen LogP) is 5.79. The van der Waals surface area contributed by atoms with E-state index in [1.165, 1.54) is 22.4 Å². The zero-order chi connectivity index (χ0) is 51.8. The molecule has 2 saturated carbocycles. The summed E-state index contributed by atoms with van der Waals surface area (Å²) in [7, 11) is 0. The zero-order valence-electron chi connectivity index (χ0n) is 41.2. The molecule has 0 spiro atoms. The lowest BCUT2D eigenvalue weighted by atomic mass is 9.85. The first kappa shape index (κ1) is 49.9. The number of ether oxygens (including phenoxy) is 1. The van der Waals surface area contributed by atoms with Crippen LogP contribution in [0.1, 0.15) is 98.0 Å². The molecule has 2 aromatic carbocycles. The zero-order valence-corrected chi connectivity index (χ0v) is 42.0. The Morgan fingerprint density at radius 3 is 2.49 bits per heavy atom. The van der Waals surface area contributed by atoms with Crippen molar-refractivity contribution in [1.29, 1.82) is 0 Å². The molecule has 2 saturated heterocycles. The lowest BCUT2D eigenvalue weighted by Crippen LogP contribution is -2.59. The summed E-state index contributed by atoms with van der Waals surface area (Å²) >= 11 is 1.46. The number of aromatic amines is 1. The Morgan fingerprint density at radius 1 is 1.04 bits per heavy atom. The first-order valence-corrected chi connectivity index (χ1v) is 25.6. The van der Waals surface area contributed by atoms with E-state index < -0.39 is 70.2 Å². The van der Waals surface area contributed by atoms with E-state index in [4.69, 9.17) is 4.74 Å². The summed E-state index contributed by atoms with van der Waals surface area (Å²) < 4.78 is 51.9. The molecular weight excluding hydrogens is 966 g/mol. The van der Waals surface area contributed by atoms with E-state index in [2.05, 4.69) is 36.2 Å². The van der Waals surface area contributed by atoms with Crippen molar-refractivity contribution in [2.75, 3.05) is 31.6 Å². The van der Waals surface area contributed by atoms with Gasteiger partial charge < -0.3 is 35.6 Å². The molecule has 73 heavy (non-hydrogen) atoms. The minimum absolute atomic E-state index is 0.0115. The smallest absolute Gasteiger partial charge is 0.276 e. The summed E-state index contributed by atoms with van der Waals surface area (Å²) in [4.78, 5) is 76.1. The molecule has 386 valence electrons. The Bertz CT molecular complexity index is 2960. The fourth-order valence-electron chi connectivity index (χ4n) is 10.7. The van der Waals surface area contributed by atoms with E-state index in [9.17, 15) is 42.3 Å². The van der Waals surface area contributed by atoms with E-state index >= 15 is 0 Å². The third kappa shape index (κ3) is 9.49. The van der Waals surface area contributed by atoms with Crippen LogP contribution in [0, 0.1) is 29.6 Å². The van der Waals surface area contributed by atoms with Gasteiger partial charge in [0.05, 0.1) is 53.1 Å². The highest BCUT2D eigenvalue weighted by atomic mass is 32.1. The summed E-state index contributed by atoms with van der Waals surface area (Å²) in [6, 6.07) is 12.8. The second kappa shape index (κ2) is 18.7. The lowest BCUT2D eigenvalue weighted by Gasteiger charge is -2.43. The van der Waals surface area contributed by atoms with E-state index in [1.807, 2.05) is 55.5 Å². The molecule has 0 bridgehead atoms. The Balaban J connectivity index is 0.772. The van der Waals surface area contributed by atoms with E-state index in [0.29, 0.717) is 41.3 Å². The van der Waals surface area contributed by atoms with Crippen molar-refractivity contribution in [1.82, 2.24) is 45.4 Å². The number of nitrogens with one attached hydrogen (secondary N) is 4.